The number of nitrogens with zero attached hydrogens (tertiary/aromatic N) is 1. The standard InChI is InChI=1S/C12H14ClNO2/c1-8-4-10-7-14(12(16)6-13)3-2-9(10)5-11(8)15/h4-5,15H,2-3,6-7H2,1H3. The topological polar surface area (TPSA) is 40.5 Å². The number of halogens is 1. The van der Waals surface area contributed by atoms with Gasteiger partial charge in [-0.1, -0.05) is 6.07 Å². The molecule has 0 radical (unpaired) electrons. The zero-order chi connectivity index (χ0) is 11.7. The van der Waals surface area contributed by atoms with Crippen LogP contribution in [0.4, 0.5) is 0 Å². The monoisotopic (exact) mass is 239 g/mol. The van der Waals surface area contributed by atoms with Crippen LogP contribution in [0.5, 0.6) is 5.75 Å². The first-order valence-electron chi connectivity index (χ1n) is 5.27. The maximum Gasteiger partial charge on any atom is 0.237 e. The third-order valence-electron chi connectivity index (χ3n) is 3.00. The zero-order valence-corrected chi connectivity index (χ0v) is 9.92. The smallest absolute Gasteiger partial charge is 0.237 e. The molecule has 0 unspecified atom stereocenters. The van der Waals surface area contributed by atoms with E-state index in [1.807, 2.05) is 13.0 Å². The maximum absolute atomic E-state index is 11.5. The molecule has 1 N–H and O–H groups in total. The first-order chi connectivity index (χ1) is 7.61. The van der Waals surface area contributed by atoms with Crippen LogP contribution in [0.15, 0.2) is 12.1 Å². The largest absolute Gasteiger partial charge is 0.508 e. The van der Waals surface area contributed by atoms with Gasteiger partial charge in [-0.15, -0.1) is 11.6 Å². The zero-order valence-electron chi connectivity index (χ0n) is 9.16. The van der Waals surface area contributed by atoms with Gasteiger partial charge in [-0.05, 0) is 36.1 Å². The van der Waals surface area contributed by atoms with Crippen molar-refractivity contribution >= 4 is 17.5 Å². The molecular formula is C12H14ClNO2. The van der Waals surface area contributed by atoms with E-state index in [1.165, 1.54) is 0 Å². The Morgan fingerprint density at radius 1 is 1.50 bits per heavy atom. The lowest BCUT2D eigenvalue weighted by Gasteiger charge is -2.28. The Morgan fingerprint density at radius 3 is 2.94 bits per heavy atom. The Morgan fingerprint density at radius 2 is 2.25 bits per heavy atom. The van der Waals surface area contributed by atoms with Crippen LogP contribution in [0.3, 0.4) is 0 Å². The van der Waals surface area contributed by atoms with Gasteiger partial charge in [-0.3, -0.25) is 4.79 Å². The second-order valence-corrected chi connectivity index (χ2v) is 4.37. The van der Waals surface area contributed by atoms with Crippen molar-refractivity contribution in [3.63, 3.8) is 0 Å². The van der Waals surface area contributed by atoms with Gasteiger partial charge in [0.25, 0.3) is 0 Å². The van der Waals surface area contributed by atoms with E-state index in [4.69, 9.17) is 11.6 Å². The van der Waals surface area contributed by atoms with Crippen molar-refractivity contribution in [3.8, 4) is 5.75 Å². The molecule has 1 aromatic rings. The highest BCUT2D eigenvalue weighted by molar-refractivity contribution is 6.27. The molecule has 1 aliphatic rings. The van der Waals surface area contributed by atoms with Crippen LogP contribution in [-0.2, 0) is 17.8 Å². The number of aryl methyl sites for hydroxylation is 1. The van der Waals surface area contributed by atoms with Crippen LogP contribution in [0.2, 0.25) is 0 Å². The van der Waals surface area contributed by atoms with Crippen LogP contribution in [0, 0.1) is 6.92 Å². The molecule has 4 heteroatoms. The van der Waals surface area contributed by atoms with Crippen molar-refractivity contribution in [2.45, 2.75) is 19.9 Å². The van der Waals surface area contributed by atoms with Crippen LogP contribution >= 0.6 is 11.6 Å². The number of rotatable bonds is 1. The average Bonchev–Trinajstić information content (AvgIpc) is 2.29. The molecule has 1 aromatic carbocycles. The third kappa shape index (κ3) is 2.00. The average molecular weight is 240 g/mol. The first-order valence-corrected chi connectivity index (χ1v) is 5.80. The predicted octanol–water partition coefficient (Wildman–Crippen LogP) is 1.82. The van der Waals surface area contributed by atoms with Crippen molar-refractivity contribution in [1.29, 1.82) is 0 Å². The van der Waals surface area contributed by atoms with Crippen LogP contribution < -0.4 is 0 Å². The summed E-state index contributed by atoms with van der Waals surface area (Å²) in [6.45, 7) is 3.14. The molecule has 0 spiro atoms. The quantitative estimate of drug-likeness (QED) is 0.760. The number of amides is 1. The molecule has 1 heterocycles. The fourth-order valence-electron chi connectivity index (χ4n) is 2.02. The number of fused-ring (bicyclic) bond motifs is 1. The number of phenols is 1. The molecule has 86 valence electrons. The number of hydrogen-bond donors (Lipinski definition) is 1. The van der Waals surface area contributed by atoms with Gasteiger partial charge in [0.1, 0.15) is 11.6 Å². The molecule has 0 saturated heterocycles. The fraction of sp³-hybridized carbons (Fsp3) is 0.417. The van der Waals surface area contributed by atoms with Gasteiger partial charge in [0, 0.05) is 13.1 Å². The van der Waals surface area contributed by atoms with E-state index in [0.29, 0.717) is 18.8 Å². The minimum absolute atomic E-state index is 0.0296. The van der Waals surface area contributed by atoms with Gasteiger partial charge in [0.05, 0.1) is 0 Å². The highest BCUT2D eigenvalue weighted by atomic mass is 35.5. The molecular weight excluding hydrogens is 226 g/mol. The van der Waals surface area contributed by atoms with E-state index >= 15 is 0 Å². The number of phenolic OH excluding ortho intramolecular Hbond substituents is 1. The summed E-state index contributed by atoms with van der Waals surface area (Å²) in [5.74, 6) is 0.334. The molecule has 3 nitrogen and oxygen atoms in total. The molecule has 2 rings (SSSR count). The molecule has 0 saturated carbocycles. The van der Waals surface area contributed by atoms with Crippen molar-refractivity contribution in [2.24, 2.45) is 0 Å². The summed E-state index contributed by atoms with van der Waals surface area (Å²) in [7, 11) is 0. The summed E-state index contributed by atoms with van der Waals surface area (Å²) >= 11 is 5.54. The van der Waals surface area contributed by atoms with Gasteiger partial charge in [0.15, 0.2) is 0 Å². The highest BCUT2D eigenvalue weighted by Gasteiger charge is 2.20. The van der Waals surface area contributed by atoms with E-state index in [9.17, 15) is 9.90 Å². The van der Waals surface area contributed by atoms with Gasteiger partial charge >= 0.3 is 0 Å². The fourth-order valence-corrected chi connectivity index (χ4v) is 2.19. The summed E-state index contributed by atoms with van der Waals surface area (Å²) in [5, 5.41) is 9.59. The highest BCUT2D eigenvalue weighted by Crippen LogP contribution is 2.26. The molecule has 1 aliphatic heterocycles. The van der Waals surface area contributed by atoms with Gasteiger partial charge in [0.2, 0.25) is 5.91 Å². The summed E-state index contributed by atoms with van der Waals surface area (Å²) in [5.41, 5.74) is 3.08. The van der Waals surface area contributed by atoms with Crippen LogP contribution in [0.25, 0.3) is 0 Å². The minimum Gasteiger partial charge on any atom is -0.508 e. The van der Waals surface area contributed by atoms with Gasteiger partial charge < -0.3 is 10.0 Å². The number of benzene rings is 1. The third-order valence-corrected chi connectivity index (χ3v) is 3.23. The van der Waals surface area contributed by atoms with Crippen molar-refractivity contribution in [3.05, 3.63) is 28.8 Å². The maximum atomic E-state index is 11.5. The lowest BCUT2D eigenvalue weighted by Crippen LogP contribution is -2.36. The summed E-state index contributed by atoms with van der Waals surface area (Å²) in [6, 6.07) is 3.74. The van der Waals surface area contributed by atoms with E-state index in [1.54, 1.807) is 11.0 Å². The second kappa shape index (κ2) is 4.34. The number of carbonyl (C=O) groups is 1. The molecule has 0 bridgehead atoms. The van der Waals surface area contributed by atoms with E-state index < -0.39 is 0 Å². The molecule has 16 heavy (non-hydrogen) atoms. The SMILES string of the molecule is Cc1cc2c(cc1O)CCN(C(=O)CCl)C2. The molecule has 0 fully saturated rings. The second-order valence-electron chi connectivity index (χ2n) is 4.11. The number of carbonyl (C=O) groups excluding carboxylic acids is 1. The summed E-state index contributed by atoms with van der Waals surface area (Å²) in [6.07, 6.45) is 0.784. The number of aromatic hydroxyl groups is 1. The Kier molecular flexibility index (Phi) is 3.06. The lowest BCUT2D eigenvalue weighted by atomic mass is 9.97. The summed E-state index contributed by atoms with van der Waals surface area (Å²) < 4.78 is 0. The number of alkyl halides is 1. The van der Waals surface area contributed by atoms with Crippen LogP contribution in [0.1, 0.15) is 16.7 Å². The molecule has 0 aromatic heterocycles. The normalized spacial score (nSPS) is 14.8. The summed E-state index contributed by atoms with van der Waals surface area (Å²) in [4.78, 5) is 13.2. The lowest BCUT2D eigenvalue weighted by molar-refractivity contribution is -0.129. The Labute approximate surface area is 99.6 Å². The first kappa shape index (κ1) is 11.3. The Balaban J connectivity index is 2.27. The minimum atomic E-state index is -0.0296. The molecule has 0 aliphatic carbocycles. The van der Waals surface area contributed by atoms with E-state index in [0.717, 1.165) is 23.1 Å². The molecule has 1 amide bonds. The predicted molar refractivity (Wildman–Crippen MR) is 62.7 cm³/mol. The van der Waals surface area contributed by atoms with E-state index in [2.05, 4.69) is 0 Å². The van der Waals surface area contributed by atoms with Gasteiger partial charge in [-0.25, -0.2) is 0 Å². The van der Waals surface area contributed by atoms with Gasteiger partial charge in [-0.2, -0.15) is 0 Å². The van der Waals surface area contributed by atoms with Crippen molar-refractivity contribution < 1.29 is 9.90 Å². The Bertz CT molecular complexity index is 431. The Hall–Kier alpha value is -1.22. The van der Waals surface area contributed by atoms with Crippen molar-refractivity contribution in [2.75, 3.05) is 12.4 Å². The van der Waals surface area contributed by atoms with E-state index in [-0.39, 0.29) is 11.8 Å². The van der Waals surface area contributed by atoms with Crippen LogP contribution in [-0.4, -0.2) is 28.3 Å². The van der Waals surface area contributed by atoms with Crippen molar-refractivity contribution in [1.82, 2.24) is 4.90 Å². The molecule has 0 atom stereocenters. The number of hydrogen-bond acceptors (Lipinski definition) is 2.